The second kappa shape index (κ2) is 12.6. The average molecular weight is 547 g/mol. The number of ether oxygens (including phenoxy) is 1. The largest absolute Gasteiger partial charge is 0.467 e. The molecular formula is C24H29Cl2FN2O5S. The van der Waals surface area contributed by atoms with Crippen LogP contribution in [0.5, 0.6) is 0 Å². The van der Waals surface area contributed by atoms with Crippen molar-refractivity contribution in [3.8, 4) is 0 Å². The van der Waals surface area contributed by atoms with Crippen molar-refractivity contribution in [2.24, 2.45) is 5.92 Å². The van der Waals surface area contributed by atoms with Crippen molar-refractivity contribution >= 4 is 50.8 Å². The van der Waals surface area contributed by atoms with Crippen LogP contribution in [0.3, 0.4) is 0 Å². The first-order valence-corrected chi connectivity index (χ1v) is 13.2. The maximum Gasteiger partial charge on any atom is 0.328 e. The fourth-order valence-electron chi connectivity index (χ4n) is 3.52. The number of nitrogens with zero attached hydrogens (tertiary/aromatic N) is 1. The summed E-state index contributed by atoms with van der Waals surface area (Å²) in [7, 11) is -2.94. The van der Waals surface area contributed by atoms with Crippen molar-refractivity contribution in [2.75, 3.05) is 11.4 Å². The number of sulfonamides is 1. The van der Waals surface area contributed by atoms with E-state index >= 15 is 0 Å². The summed E-state index contributed by atoms with van der Waals surface area (Å²) in [6, 6.07) is 7.71. The van der Waals surface area contributed by atoms with Crippen molar-refractivity contribution in [1.29, 1.82) is 0 Å². The van der Waals surface area contributed by atoms with E-state index in [1.807, 2.05) is 0 Å². The molecule has 192 valence electrons. The highest BCUT2D eigenvalue weighted by atomic mass is 35.5. The zero-order valence-corrected chi connectivity index (χ0v) is 22.3. The van der Waals surface area contributed by atoms with Crippen LogP contribution in [0, 0.1) is 11.7 Å². The van der Waals surface area contributed by atoms with Gasteiger partial charge < -0.3 is 10.1 Å². The van der Waals surface area contributed by atoms with Crippen LogP contribution in [0.15, 0.2) is 47.4 Å². The smallest absolute Gasteiger partial charge is 0.328 e. The third-order valence-corrected chi connectivity index (χ3v) is 7.81. The molecule has 2 aromatic carbocycles. The number of hydrogen-bond donors (Lipinski definition) is 1. The van der Waals surface area contributed by atoms with Gasteiger partial charge in [0.2, 0.25) is 5.91 Å². The van der Waals surface area contributed by atoms with Gasteiger partial charge in [-0.05, 0) is 68.1 Å². The average Bonchev–Trinajstić information content (AvgIpc) is 2.79. The third kappa shape index (κ3) is 7.56. The number of nitrogens with one attached hydrogen (secondary N) is 1. The number of hydrogen-bond acceptors (Lipinski definition) is 5. The summed E-state index contributed by atoms with van der Waals surface area (Å²) in [5.74, 6) is -1.84. The monoisotopic (exact) mass is 546 g/mol. The summed E-state index contributed by atoms with van der Waals surface area (Å²) in [6.45, 7) is 5.18. The number of amides is 1. The Morgan fingerprint density at radius 1 is 1.06 bits per heavy atom. The lowest BCUT2D eigenvalue weighted by molar-refractivity contribution is -0.146. The van der Waals surface area contributed by atoms with Gasteiger partial charge in [0.15, 0.2) is 0 Å². The normalized spacial score (nSPS) is 13.3. The number of halogens is 3. The van der Waals surface area contributed by atoms with Crippen molar-refractivity contribution < 1.29 is 27.1 Å². The molecule has 1 N–H and O–H groups in total. The number of benzene rings is 2. The molecule has 0 aliphatic heterocycles. The minimum Gasteiger partial charge on any atom is -0.467 e. The van der Waals surface area contributed by atoms with Gasteiger partial charge in [-0.3, -0.25) is 9.10 Å². The molecule has 1 unspecified atom stereocenters. The predicted octanol–water partition coefficient (Wildman–Crippen LogP) is 5.20. The first-order chi connectivity index (χ1) is 16.4. The Labute approximate surface area is 215 Å². The van der Waals surface area contributed by atoms with E-state index in [1.165, 1.54) is 43.5 Å². The van der Waals surface area contributed by atoms with E-state index in [2.05, 4.69) is 5.32 Å². The van der Waals surface area contributed by atoms with Gasteiger partial charge in [0, 0.05) is 22.5 Å². The molecule has 0 saturated heterocycles. The lowest BCUT2D eigenvalue weighted by Crippen LogP contribution is -2.45. The van der Waals surface area contributed by atoms with E-state index in [9.17, 15) is 22.4 Å². The Morgan fingerprint density at radius 3 is 2.23 bits per heavy atom. The molecule has 0 aliphatic carbocycles. The number of anilines is 1. The molecule has 0 bridgehead atoms. The first kappa shape index (κ1) is 28.9. The van der Waals surface area contributed by atoms with Gasteiger partial charge in [0.05, 0.1) is 17.7 Å². The standard InChI is InChI=1S/C24H29Cl2FN2O5S/c1-15(2)23(24(31)34-4)28-22(30)7-5-6-16(3)29(21-14-18(26)10-13-20(21)27)35(32,33)19-11-8-17(25)9-12-19/h8-16,23H,5-7H2,1-4H3,(H,28,30)/t16?,23-/m0/s1. The number of rotatable bonds is 11. The minimum atomic E-state index is -4.19. The van der Waals surface area contributed by atoms with E-state index < -0.39 is 33.9 Å². The lowest BCUT2D eigenvalue weighted by Gasteiger charge is -2.31. The molecule has 0 radical (unpaired) electrons. The van der Waals surface area contributed by atoms with Crippen LogP contribution in [0.1, 0.15) is 40.0 Å². The number of carbonyl (C=O) groups is 2. The Kier molecular flexibility index (Phi) is 10.4. The fraction of sp³-hybridized carbons (Fsp3) is 0.417. The molecule has 0 saturated carbocycles. The molecule has 35 heavy (non-hydrogen) atoms. The van der Waals surface area contributed by atoms with Gasteiger partial charge >= 0.3 is 5.97 Å². The molecule has 0 spiro atoms. The van der Waals surface area contributed by atoms with Crippen LogP contribution in [0.4, 0.5) is 10.1 Å². The minimum absolute atomic E-state index is 0.0391. The zero-order valence-electron chi connectivity index (χ0n) is 19.9. The van der Waals surface area contributed by atoms with Crippen LogP contribution in [-0.4, -0.2) is 39.5 Å². The van der Waals surface area contributed by atoms with Crippen molar-refractivity contribution in [1.82, 2.24) is 5.32 Å². The summed E-state index contributed by atoms with van der Waals surface area (Å²) >= 11 is 11.9. The van der Waals surface area contributed by atoms with Gasteiger partial charge in [0.25, 0.3) is 10.0 Å². The lowest BCUT2D eigenvalue weighted by atomic mass is 10.0. The molecule has 0 fully saturated rings. The molecule has 0 aliphatic rings. The van der Waals surface area contributed by atoms with Gasteiger partial charge in [-0.25, -0.2) is 17.6 Å². The van der Waals surface area contributed by atoms with E-state index in [0.717, 1.165) is 10.4 Å². The van der Waals surface area contributed by atoms with Crippen LogP contribution in [0.2, 0.25) is 10.0 Å². The molecule has 1 amide bonds. The molecule has 7 nitrogen and oxygen atoms in total. The first-order valence-electron chi connectivity index (χ1n) is 11.0. The Bertz CT molecular complexity index is 1140. The fourth-order valence-corrected chi connectivity index (χ4v) is 5.50. The Hall–Kier alpha value is -2.36. The summed E-state index contributed by atoms with van der Waals surface area (Å²) in [4.78, 5) is 24.2. The summed E-state index contributed by atoms with van der Waals surface area (Å²) in [5.41, 5.74) is -0.199. The molecule has 0 aromatic heterocycles. The quantitative estimate of drug-likeness (QED) is 0.391. The van der Waals surface area contributed by atoms with Crippen LogP contribution >= 0.6 is 23.2 Å². The second-order valence-electron chi connectivity index (χ2n) is 8.40. The molecule has 2 aromatic rings. The van der Waals surface area contributed by atoms with Crippen molar-refractivity contribution in [2.45, 2.75) is 57.0 Å². The predicted molar refractivity (Wildman–Crippen MR) is 135 cm³/mol. The summed E-state index contributed by atoms with van der Waals surface area (Å²) in [6.07, 6.45) is 0.558. The van der Waals surface area contributed by atoms with Crippen molar-refractivity contribution in [3.63, 3.8) is 0 Å². The molecule has 11 heteroatoms. The summed E-state index contributed by atoms with van der Waals surface area (Å²) in [5, 5.41) is 3.17. The highest BCUT2D eigenvalue weighted by Gasteiger charge is 2.32. The number of methoxy groups -OCH3 is 1. The SMILES string of the molecule is COC(=O)[C@@H](NC(=O)CCCC(C)N(c1cc(Cl)ccc1F)S(=O)(=O)c1ccc(Cl)cc1)C(C)C. The molecule has 2 rings (SSSR count). The van der Waals surface area contributed by atoms with Crippen LogP contribution < -0.4 is 9.62 Å². The Balaban J connectivity index is 2.24. The van der Waals surface area contributed by atoms with Gasteiger partial charge in [-0.1, -0.05) is 37.0 Å². The molecular weight excluding hydrogens is 518 g/mol. The van der Waals surface area contributed by atoms with E-state index in [1.54, 1.807) is 20.8 Å². The van der Waals surface area contributed by atoms with Crippen LogP contribution in [-0.2, 0) is 24.3 Å². The van der Waals surface area contributed by atoms with E-state index in [4.69, 9.17) is 27.9 Å². The van der Waals surface area contributed by atoms with Crippen LogP contribution in [0.25, 0.3) is 0 Å². The highest BCUT2D eigenvalue weighted by molar-refractivity contribution is 7.92. The highest BCUT2D eigenvalue weighted by Crippen LogP contribution is 2.32. The van der Waals surface area contributed by atoms with E-state index in [-0.39, 0.29) is 46.7 Å². The third-order valence-electron chi connectivity index (χ3n) is 5.38. The Morgan fingerprint density at radius 2 is 1.66 bits per heavy atom. The maximum atomic E-state index is 14.8. The van der Waals surface area contributed by atoms with Gasteiger partial charge in [-0.15, -0.1) is 0 Å². The number of esters is 1. The molecule has 0 heterocycles. The number of carbonyl (C=O) groups excluding carboxylic acids is 2. The topological polar surface area (TPSA) is 92.8 Å². The zero-order chi connectivity index (χ0) is 26.3. The molecule has 2 atom stereocenters. The van der Waals surface area contributed by atoms with Gasteiger partial charge in [-0.2, -0.15) is 0 Å². The maximum absolute atomic E-state index is 14.8. The summed E-state index contributed by atoms with van der Waals surface area (Å²) < 4.78 is 47.5. The van der Waals surface area contributed by atoms with Gasteiger partial charge in [0.1, 0.15) is 11.9 Å². The second-order valence-corrected chi connectivity index (χ2v) is 11.1. The van der Waals surface area contributed by atoms with E-state index in [0.29, 0.717) is 5.02 Å². The van der Waals surface area contributed by atoms with Crippen molar-refractivity contribution in [3.05, 3.63) is 58.3 Å².